The molecule has 1 aromatic carbocycles. The van der Waals surface area contributed by atoms with Gasteiger partial charge in [0.2, 0.25) is 0 Å². The van der Waals surface area contributed by atoms with Gasteiger partial charge in [-0.3, -0.25) is 0 Å². The summed E-state index contributed by atoms with van der Waals surface area (Å²) in [5, 5.41) is 0. The summed E-state index contributed by atoms with van der Waals surface area (Å²) in [5.74, 6) is 3.99. The Kier molecular flexibility index (Phi) is 7.13. The van der Waals surface area contributed by atoms with Crippen molar-refractivity contribution in [2.24, 2.45) is 11.7 Å². The lowest BCUT2D eigenvalue weighted by Gasteiger charge is -2.10. The van der Waals surface area contributed by atoms with E-state index in [1.807, 2.05) is 36.0 Å². The van der Waals surface area contributed by atoms with E-state index in [2.05, 4.69) is 13.8 Å². The molecule has 0 aliphatic rings. The molecule has 0 atom stereocenters. The van der Waals surface area contributed by atoms with Crippen LogP contribution in [0.3, 0.4) is 0 Å². The smallest absolute Gasteiger partial charge is 0.123 e. The maximum atomic E-state index is 5.73. The van der Waals surface area contributed by atoms with Crippen molar-refractivity contribution >= 4 is 11.8 Å². The minimum absolute atomic E-state index is 0.538. The van der Waals surface area contributed by atoms with Crippen molar-refractivity contribution in [1.82, 2.24) is 0 Å². The first-order valence-corrected chi connectivity index (χ1v) is 7.38. The van der Waals surface area contributed by atoms with E-state index in [4.69, 9.17) is 10.5 Å². The van der Waals surface area contributed by atoms with E-state index < -0.39 is 0 Å². The van der Waals surface area contributed by atoms with Gasteiger partial charge >= 0.3 is 0 Å². The summed E-state index contributed by atoms with van der Waals surface area (Å²) >= 11 is 1.96. The van der Waals surface area contributed by atoms with E-state index in [0.717, 1.165) is 29.6 Å². The molecule has 2 nitrogen and oxygen atoms in total. The van der Waals surface area contributed by atoms with Gasteiger partial charge < -0.3 is 10.5 Å². The van der Waals surface area contributed by atoms with E-state index >= 15 is 0 Å². The minimum Gasteiger partial charge on any atom is -0.492 e. The number of thioether (sulfide) groups is 1. The Hall–Kier alpha value is -0.670. The first-order valence-electron chi connectivity index (χ1n) is 6.22. The highest BCUT2D eigenvalue weighted by molar-refractivity contribution is 7.99. The van der Waals surface area contributed by atoms with Gasteiger partial charge in [0.25, 0.3) is 0 Å². The molecule has 0 aliphatic heterocycles. The summed E-state index contributed by atoms with van der Waals surface area (Å²) in [6.07, 6.45) is 1.28. The summed E-state index contributed by atoms with van der Waals surface area (Å²) in [7, 11) is 0. The zero-order valence-corrected chi connectivity index (χ0v) is 11.6. The molecule has 0 aromatic heterocycles. The predicted molar refractivity (Wildman–Crippen MR) is 76.6 cm³/mol. The Labute approximate surface area is 109 Å². The van der Waals surface area contributed by atoms with Gasteiger partial charge in [-0.25, -0.2) is 0 Å². The first-order chi connectivity index (χ1) is 8.24. The summed E-state index contributed by atoms with van der Waals surface area (Å²) in [6, 6.07) is 7.98. The molecule has 0 heterocycles. The van der Waals surface area contributed by atoms with Gasteiger partial charge in [-0.1, -0.05) is 32.0 Å². The molecule has 0 saturated heterocycles. The van der Waals surface area contributed by atoms with Crippen molar-refractivity contribution in [2.45, 2.75) is 26.8 Å². The molecule has 0 radical (unpaired) electrons. The van der Waals surface area contributed by atoms with Crippen LogP contribution in [0, 0.1) is 5.92 Å². The van der Waals surface area contributed by atoms with Gasteiger partial charge in [0.1, 0.15) is 5.75 Å². The van der Waals surface area contributed by atoms with Gasteiger partial charge in [0.15, 0.2) is 0 Å². The quantitative estimate of drug-likeness (QED) is 0.722. The van der Waals surface area contributed by atoms with E-state index in [0.29, 0.717) is 6.54 Å². The van der Waals surface area contributed by atoms with Crippen LogP contribution in [-0.4, -0.2) is 18.1 Å². The third-order valence-electron chi connectivity index (χ3n) is 2.52. The Morgan fingerprint density at radius 3 is 2.71 bits per heavy atom. The second-order valence-electron chi connectivity index (χ2n) is 4.46. The monoisotopic (exact) mass is 253 g/mol. The van der Waals surface area contributed by atoms with Gasteiger partial charge in [-0.2, -0.15) is 11.8 Å². The highest BCUT2D eigenvalue weighted by Gasteiger charge is 2.00. The molecule has 0 amide bonds. The standard InChI is InChI=1S/C14H23NOS/c1-12(2)7-9-17-10-8-16-14-6-4-3-5-13(14)11-15/h3-6,12H,7-11,15H2,1-2H3. The second-order valence-corrected chi connectivity index (χ2v) is 5.68. The van der Waals surface area contributed by atoms with Crippen LogP contribution in [0.15, 0.2) is 24.3 Å². The SMILES string of the molecule is CC(C)CCSCCOc1ccccc1CN. The lowest BCUT2D eigenvalue weighted by Crippen LogP contribution is -2.05. The first kappa shape index (κ1) is 14.4. The van der Waals surface area contributed by atoms with Crippen LogP contribution in [0.25, 0.3) is 0 Å². The molecular formula is C14H23NOS. The van der Waals surface area contributed by atoms with Crippen molar-refractivity contribution in [2.75, 3.05) is 18.1 Å². The summed E-state index contributed by atoms with van der Waals surface area (Å²) in [5.41, 5.74) is 6.73. The molecule has 0 fully saturated rings. The fourth-order valence-electron chi connectivity index (χ4n) is 1.44. The normalized spacial score (nSPS) is 10.8. The molecule has 0 aliphatic carbocycles. The lowest BCUT2D eigenvalue weighted by molar-refractivity contribution is 0.340. The van der Waals surface area contributed by atoms with Gasteiger partial charge in [0, 0.05) is 17.9 Å². The Morgan fingerprint density at radius 2 is 2.00 bits per heavy atom. The van der Waals surface area contributed by atoms with E-state index in [1.165, 1.54) is 12.2 Å². The summed E-state index contributed by atoms with van der Waals surface area (Å²) in [4.78, 5) is 0. The van der Waals surface area contributed by atoms with Crippen molar-refractivity contribution in [1.29, 1.82) is 0 Å². The lowest BCUT2D eigenvalue weighted by atomic mass is 10.2. The summed E-state index contributed by atoms with van der Waals surface area (Å²) < 4.78 is 5.73. The minimum atomic E-state index is 0.538. The maximum Gasteiger partial charge on any atom is 0.123 e. The van der Waals surface area contributed by atoms with Crippen LogP contribution in [0.5, 0.6) is 5.75 Å². The van der Waals surface area contributed by atoms with Crippen molar-refractivity contribution < 1.29 is 4.74 Å². The molecule has 3 heteroatoms. The van der Waals surface area contributed by atoms with Crippen molar-refractivity contribution in [3.63, 3.8) is 0 Å². The molecule has 17 heavy (non-hydrogen) atoms. The molecule has 0 unspecified atom stereocenters. The van der Waals surface area contributed by atoms with Gasteiger partial charge in [0.05, 0.1) is 6.61 Å². The number of ether oxygens (including phenoxy) is 1. The largest absolute Gasteiger partial charge is 0.492 e. The number of hydrogen-bond acceptors (Lipinski definition) is 3. The van der Waals surface area contributed by atoms with Crippen molar-refractivity contribution in [3.8, 4) is 5.75 Å². The molecule has 1 aromatic rings. The van der Waals surface area contributed by atoms with E-state index in [1.54, 1.807) is 0 Å². The average Bonchev–Trinajstić information content (AvgIpc) is 2.33. The Morgan fingerprint density at radius 1 is 1.24 bits per heavy atom. The number of para-hydroxylation sites is 1. The molecule has 1 rings (SSSR count). The molecule has 0 spiro atoms. The van der Waals surface area contributed by atoms with Crippen LogP contribution in [0.2, 0.25) is 0 Å². The van der Waals surface area contributed by atoms with Crippen LogP contribution >= 0.6 is 11.8 Å². The number of benzene rings is 1. The van der Waals surface area contributed by atoms with Crippen LogP contribution in [0.1, 0.15) is 25.8 Å². The molecular weight excluding hydrogens is 230 g/mol. The zero-order chi connectivity index (χ0) is 12.5. The number of rotatable bonds is 8. The van der Waals surface area contributed by atoms with Crippen molar-refractivity contribution in [3.05, 3.63) is 29.8 Å². The van der Waals surface area contributed by atoms with Crippen LogP contribution < -0.4 is 10.5 Å². The van der Waals surface area contributed by atoms with Crippen LogP contribution in [0.4, 0.5) is 0 Å². The van der Waals surface area contributed by atoms with Gasteiger partial charge in [-0.05, 0) is 24.2 Å². The average molecular weight is 253 g/mol. The Bertz CT molecular complexity index is 315. The predicted octanol–water partition coefficient (Wildman–Crippen LogP) is 3.30. The second kappa shape index (κ2) is 8.43. The Balaban J connectivity index is 2.17. The van der Waals surface area contributed by atoms with Crippen LogP contribution in [-0.2, 0) is 6.54 Å². The maximum absolute atomic E-state index is 5.73. The van der Waals surface area contributed by atoms with E-state index in [9.17, 15) is 0 Å². The van der Waals surface area contributed by atoms with Gasteiger partial charge in [-0.15, -0.1) is 0 Å². The van der Waals surface area contributed by atoms with E-state index in [-0.39, 0.29) is 0 Å². The number of nitrogens with two attached hydrogens (primary N) is 1. The molecule has 0 saturated carbocycles. The molecule has 0 bridgehead atoms. The molecule has 2 N–H and O–H groups in total. The fourth-order valence-corrected chi connectivity index (χ4v) is 2.49. The third-order valence-corrected chi connectivity index (χ3v) is 3.50. The summed E-state index contributed by atoms with van der Waals surface area (Å²) in [6.45, 7) is 5.82. The highest BCUT2D eigenvalue weighted by atomic mass is 32.2. The molecule has 96 valence electrons. The number of hydrogen-bond donors (Lipinski definition) is 1. The highest BCUT2D eigenvalue weighted by Crippen LogP contribution is 2.17. The zero-order valence-electron chi connectivity index (χ0n) is 10.8. The fraction of sp³-hybridized carbons (Fsp3) is 0.571. The topological polar surface area (TPSA) is 35.2 Å². The third kappa shape index (κ3) is 5.99.